The first kappa shape index (κ1) is 22.9. The van der Waals surface area contributed by atoms with Gasteiger partial charge in [0.05, 0.1) is 26.4 Å². The van der Waals surface area contributed by atoms with Crippen LogP contribution in [0.1, 0.15) is 44.7 Å². The Kier molecular flexibility index (Phi) is 6.68. The number of fused-ring (bicyclic) bond motifs is 1. The summed E-state index contributed by atoms with van der Waals surface area (Å²) in [6.45, 7) is 12.9. The van der Waals surface area contributed by atoms with E-state index in [1.165, 1.54) is 16.8 Å². The molecule has 0 aromatic heterocycles. The van der Waals surface area contributed by atoms with Gasteiger partial charge in [-0.3, -0.25) is 4.90 Å². The SMILES string of the molecule is COc1cc2c(cc1OC)C(C)(CCCN1CCN(c3ccccc3)CC1)OCC2(C)C. The Balaban J connectivity index is 1.40. The van der Waals surface area contributed by atoms with Crippen molar-refractivity contribution in [2.24, 2.45) is 0 Å². The Labute approximate surface area is 193 Å². The number of methoxy groups -OCH3 is 2. The Morgan fingerprint density at radius 2 is 1.50 bits per heavy atom. The van der Waals surface area contributed by atoms with Crippen LogP contribution in [0, 0.1) is 0 Å². The van der Waals surface area contributed by atoms with Gasteiger partial charge in [-0.25, -0.2) is 0 Å². The van der Waals surface area contributed by atoms with Gasteiger partial charge in [-0.1, -0.05) is 32.0 Å². The van der Waals surface area contributed by atoms with Gasteiger partial charge in [0, 0.05) is 37.3 Å². The number of nitrogens with zero attached hydrogens (tertiary/aromatic N) is 2. The summed E-state index contributed by atoms with van der Waals surface area (Å²) in [5.41, 5.74) is 3.51. The van der Waals surface area contributed by atoms with Gasteiger partial charge in [0.25, 0.3) is 0 Å². The van der Waals surface area contributed by atoms with Crippen LogP contribution in [0.5, 0.6) is 11.5 Å². The highest BCUT2D eigenvalue weighted by atomic mass is 16.5. The zero-order chi connectivity index (χ0) is 22.8. The Morgan fingerprint density at radius 1 is 0.875 bits per heavy atom. The average Bonchev–Trinajstić information content (AvgIpc) is 2.82. The van der Waals surface area contributed by atoms with E-state index in [-0.39, 0.29) is 11.0 Å². The van der Waals surface area contributed by atoms with E-state index in [1.54, 1.807) is 14.2 Å². The molecule has 0 saturated carbocycles. The van der Waals surface area contributed by atoms with Crippen LogP contribution in [-0.2, 0) is 15.8 Å². The highest BCUT2D eigenvalue weighted by Gasteiger charge is 2.41. The molecule has 2 aromatic carbocycles. The first-order valence-electron chi connectivity index (χ1n) is 11.8. The molecule has 2 aliphatic heterocycles. The zero-order valence-corrected chi connectivity index (χ0v) is 20.3. The lowest BCUT2D eigenvalue weighted by Crippen LogP contribution is -2.47. The van der Waals surface area contributed by atoms with Crippen molar-refractivity contribution in [2.45, 2.75) is 44.6 Å². The van der Waals surface area contributed by atoms with Crippen LogP contribution in [0.15, 0.2) is 42.5 Å². The lowest BCUT2D eigenvalue weighted by molar-refractivity contribution is -0.0790. The van der Waals surface area contributed by atoms with Gasteiger partial charge in [-0.15, -0.1) is 0 Å². The summed E-state index contributed by atoms with van der Waals surface area (Å²) in [5, 5.41) is 0. The van der Waals surface area contributed by atoms with Crippen molar-refractivity contribution in [1.29, 1.82) is 0 Å². The van der Waals surface area contributed by atoms with Crippen molar-refractivity contribution in [3.05, 3.63) is 53.6 Å². The molecule has 2 aromatic rings. The standard InChI is InChI=1S/C27H38N2O3/c1-26(2)20-32-27(3,23-19-25(31-5)24(30-4)18-22(23)26)12-9-13-28-14-16-29(17-15-28)21-10-7-6-8-11-21/h6-8,10-11,18-19H,9,12-17,20H2,1-5H3. The van der Waals surface area contributed by atoms with Crippen LogP contribution in [0.3, 0.4) is 0 Å². The van der Waals surface area contributed by atoms with Gasteiger partial charge in [-0.2, -0.15) is 0 Å². The first-order valence-corrected chi connectivity index (χ1v) is 11.8. The van der Waals surface area contributed by atoms with Gasteiger partial charge in [0.15, 0.2) is 11.5 Å². The maximum Gasteiger partial charge on any atom is 0.161 e. The van der Waals surface area contributed by atoms with Crippen molar-refractivity contribution in [3.63, 3.8) is 0 Å². The Hall–Kier alpha value is -2.24. The monoisotopic (exact) mass is 438 g/mol. The molecule has 1 unspecified atom stereocenters. The predicted molar refractivity (Wildman–Crippen MR) is 130 cm³/mol. The number of piperazine rings is 1. The van der Waals surface area contributed by atoms with E-state index in [4.69, 9.17) is 14.2 Å². The molecule has 2 aliphatic rings. The number of hydrogen-bond acceptors (Lipinski definition) is 5. The minimum atomic E-state index is -0.309. The Bertz CT molecular complexity index is 907. The predicted octanol–water partition coefficient (Wildman–Crippen LogP) is 4.83. The van der Waals surface area contributed by atoms with E-state index >= 15 is 0 Å². The van der Waals surface area contributed by atoms with Crippen LogP contribution in [0.4, 0.5) is 5.69 Å². The van der Waals surface area contributed by atoms with Crippen LogP contribution in [0.25, 0.3) is 0 Å². The fourth-order valence-electron chi connectivity index (χ4n) is 5.09. The summed E-state index contributed by atoms with van der Waals surface area (Å²) >= 11 is 0. The molecule has 174 valence electrons. The van der Waals surface area contributed by atoms with E-state index in [1.807, 2.05) is 0 Å². The van der Waals surface area contributed by atoms with Gasteiger partial charge in [0.1, 0.15) is 0 Å². The third-order valence-electron chi connectivity index (χ3n) is 7.20. The van der Waals surface area contributed by atoms with Crippen LogP contribution >= 0.6 is 0 Å². The van der Waals surface area contributed by atoms with Crippen molar-refractivity contribution >= 4 is 5.69 Å². The molecule has 0 spiro atoms. The molecule has 4 rings (SSSR count). The second-order valence-corrected chi connectivity index (χ2v) is 9.92. The molecule has 0 N–H and O–H groups in total. The quantitative estimate of drug-likeness (QED) is 0.619. The summed E-state index contributed by atoms with van der Waals surface area (Å²) < 4.78 is 17.7. The first-order chi connectivity index (χ1) is 15.4. The number of para-hydroxylation sites is 1. The fourth-order valence-corrected chi connectivity index (χ4v) is 5.09. The van der Waals surface area contributed by atoms with Crippen LogP contribution < -0.4 is 14.4 Å². The smallest absolute Gasteiger partial charge is 0.161 e. The largest absolute Gasteiger partial charge is 0.493 e. The average molecular weight is 439 g/mol. The van der Waals surface area contributed by atoms with E-state index in [0.717, 1.165) is 57.1 Å². The minimum Gasteiger partial charge on any atom is -0.493 e. The molecule has 1 fully saturated rings. The normalized spacial score (nSPS) is 23.0. The number of anilines is 1. The second kappa shape index (κ2) is 9.32. The van der Waals surface area contributed by atoms with Gasteiger partial charge in [0.2, 0.25) is 0 Å². The highest BCUT2D eigenvalue weighted by molar-refractivity contribution is 5.52. The second-order valence-electron chi connectivity index (χ2n) is 9.92. The number of rotatable bonds is 7. The summed E-state index contributed by atoms with van der Waals surface area (Å²) in [4.78, 5) is 5.07. The van der Waals surface area contributed by atoms with Crippen molar-refractivity contribution in [1.82, 2.24) is 4.90 Å². The van der Waals surface area contributed by atoms with Gasteiger partial charge < -0.3 is 19.1 Å². The Morgan fingerprint density at radius 3 is 2.12 bits per heavy atom. The summed E-state index contributed by atoms with van der Waals surface area (Å²) in [5.74, 6) is 1.57. The third-order valence-corrected chi connectivity index (χ3v) is 7.20. The molecular formula is C27H38N2O3. The lowest BCUT2D eigenvalue weighted by Gasteiger charge is -2.44. The summed E-state index contributed by atoms with van der Waals surface area (Å²) in [6.07, 6.45) is 2.10. The van der Waals surface area contributed by atoms with Crippen LogP contribution in [-0.4, -0.2) is 58.5 Å². The summed E-state index contributed by atoms with van der Waals surface area (Å²) in [6, 6.07) is 15.0. The maximum atomic E-state index is 6.52. The number of ether oxygens (including phenoxy) is 3. The molecule has 0 radical (unpaired) electrons. The number of hydrogen-bond donors (Lipinski definition) is 0. The molecule has 0 bridgehead atoms. The number of benzene rings is 2. The van der Waals surface area contributed by atoms with Crippen molar-refractivity contribution in [3.8, 4) is 11.5 Å². The molecule has 5 heteroatoms. The third kappa shape index (κ3) is 4.60. The fraction of sp³-hybridized carbons (Fsp3) is 0.556. The van der Waals surface area contributed by atoms with Gasteiger partial charge >= 0.3 is 0 Å². The van der Waals surface area contributed by atoms with Crippen molar-refractivity contribution < 1.29 is 14.2 Å². The van der Waals surface area contributed by atoms with E-state index in [0.29, 0.717) is 6.61 Å². The maximum absolute atomic E-state index is 6.52. The topological polar surface area (TPSA) is 34.2 Å². The molecule has 0 aliphatic carbocycles. The molecule has 1 saturated heterocycles. The molecular weight excluding hydrogens is 400 g/mol. The molecule has 5 nitrogen and oxygen atoms in total. The molecule has 2 heterocycles. The lowest BCUT2D eigenvalue weighted by atomic mass is 9.73. The van der Waals surface area contributed by atoms with E-state index in [9.17, 15) is 0 Å². The van der Waals surface area contributed by atoms with Crippen LogP contribution in [0.2, 0.25) is 0 Å². The van der Waals surface area contributed by atoms with E-state index in [2.05, 4.69) is 73.0 Å². The summed E-state index contributed by atoms with van der Waals surface area (Å²) in [7, 11) is 3.40. The highest BCUT2D eigenvalue weighted by Crippen LogP contribution is 2.47. The molecule has 1 atom stereocenters. The van der Waals surface area contributed by atoms with E-state index < -0.39 is 0 Å². The zero-order valence-electron chi connectivity index (χ0n) is 20.3. The minimum absolute atomic E-state index is 0.0534. The molecule has 0 amide bonds. The van der Waals surface area contributed by atoms with Crippen molar-refractivity contribution in [2.75, 3.05) is 58.5 Å². The van der Waals surface area contributed by atoms with Gasteiger partial charge in [-0.05, 0) is 61.7 Å². The molecule has 32 heavy (non-hydrogen) atoms.